The molecule has 2 aliphatic heterocycles. The third-order valence-corrected chi connectivity index (χ3v) is 7.03. The number of hydrogen-bond acceptors (Lipinski definition) is 8. The second-order valence-corrected chi connectivity index (χ2v) is 11.3. The standard InChI is InChI=1S/C28H33N5O6/c1-28(2,3)39-27(35)33-10-4-5-17(12-33)32-26(34)18-11-29-24-22(18)30-14-31-23(24)21-19(36-13-16-6-7-16)8-9-20-25(21)38-15-37-20/h8-9,11,14,16-17,29H,4-7,10,12-13,15H2,1-3H3,(H,32,34). The normalized spacial score (nSPS) is 18.7. The van der Waals surface area contributed by atoms with Gasteiger partial charge in [0.25, 0.3) is 5.91 Å². The van der Waals surface area contributed by atoms with Crippen molar-refractivity contribution in [2.24, 2.45) is 5.92 Å². The Labute approximate surface area is 226 Å². The molecule has 1 aromatic carbocycles. The summed E-state index contributed by atoms with van der Waals surface area (Å²) in [6.07, 6.45) is 6.59. The highest BCUT2D eigenvalue weighted by molar-refractivity contribution is 6.08. The molecule has 2 N–H and O–H groups in total. The van der Waals surface area contributed by atoms with E-state index in [1.807, 2.05) is 32.9 Å². The van der Waals surface area contributed by atoms with Crippen LogP contribution in [0.15, 0.2) is 24.7 Å². The van der Waals surface area contributed by atoms with Crippen molar-refractivity contribution in [1.82, 2.24) is 25.2 Å². The summed E-state index contributed by atoms with van der Waals surface area (Å²) in [6, 6.07) is 3.51. The number of nitrogens with one attached hydrogen (secondary N) is 2. The number of hydrogen-bond donors (Lipinski definition) is 2. The molecule has 3 aromatic rings. The molecule has 11 heteroatoms. The first kappa shape index (κ1) is 25.3. The number of carbonyl (C=O) groups is 2. The van der Waals surface area contributed by atoms with E-state index in [-0.39, 0.29) is 24.8 Å². The van der Waals surface area contributed by atoms with Crippen LogP contribution in [0.3, 0.4) is 0 Å². The molecule has 1 unspecified atom stereocenters. The third-order valence-electron chi connectivity index (χ3n) is 7.03. The largest absolute Gasteiger partial charge is 0.492 e. The summed E-state index contributed by atoms with van der Waals surface area (Å²) < 4.78 is 23.1. The van der Waals surface area contributed by atoms with Crippen LogP contribution in [0.2, 0.25) is 0 Å². The zero-order valence-electron chi connectivity index (χ0n) is 22.4. The molecule has 3 aliphatic rings. The van der Waals surface area contributed by atoms with Crippen LogP contribution in [0.1, 0.15) is 56.8 Å². The van der Waals surface area contributed by atoms with Crippen LogP contribution < -0.4 is 19.5 Å². The maximum atomic E-state index is 13.4. The minimum Gasteiger partial charge on any atom is -0.492 e. The first-order valence-electron chi connectivity index (χ1n) is 13.4. The van der Waals surface area contributed by atoms with Crippen molar-refractivity contribution in [3.63, 3.8) is 0 Å². The van der Waals surface area contributed by atoms with Gasteiger partial charge < -0.3 is 34.1 Å². The number of H-pyrrole nitrogens is 1. The third kappa shape index (κ3) is 5.30. The summed E-state index contributed by atoms with van der Waals surface area (Å²) in [5.74, 6) is 2.13. The van der Waals surface area contributed by atoms with Gasteiger partial charge in [-0.25, -0.2) is 14.8 Å². The maximum Gasteiger partial charge on any atom is 0.410 e. The van der Waals surface area contributed by atoms with Gasteiger partial charge in [0.2, 0.25) is 6.79 Å². The molecular formula is C28H33N5O6. The van der Waals surface area contributed by atoms with Gasteiger partial charge in [0, 0.05) is 25.3 Å². The highest BCUT2D eigenvalue weighted by atomic mass is 16.7. The van der Waals surface area contributed by atoms with Crippen molar-refractivity contribution in [2.75, 3.05) is 26.5 Å². The van der Waals surface area contributed by atoms with Gasteiger partial charge in [-0.3, -0.25) is 4.79 Å². The summed E-state index contributed by atoms with van der Waals surface area (Å²) in [5, 5.41) is 3.07. The van der Waals surface area contributed by atoms with E-state index in [9.17, 15) is 9.59 Å². The molecule has 2 aromatic heterocycles. The number of nitrogens with zero attached hydrogens (tertiary/aromatic N) is 3. The fraction of sp³-hybridized carbons (Fsp3) is 0.500. The summed E-state index contributed by atoms with van der Waals surface area (Å²) >= 11 is 0. The monoisotopic (exact) mass is 535 g/mol. The Hall–Kier alpha value is -4.02. The highest BCUT2D eigenvalue weighted by Crippen LogP contribution is 2.48. The molecule has 2 amide bonds. The van der Waals surface area contributed by atoms with Gasteiger partial charge >= 0.3 is 6.09 Å². The van der Waals surface area contributed by atoms with Crippen LogP contribution >= 0.6 is 0 Å². The van der Waals surface area contributed by atoms with Gasteiger partial charge in [0.05, 0.1) is 23.3 Å². The Morgan fingerprint density at radius 1 is 1.18 bits per heavy atom. The molecule has 2 fully saturated rings. The van der Waals surface area contributed by atoms with Crippen LogP contribution in [0.4, 0.5) is 4.79 Å². The fourth-order valence-corrected chi connectivity index (χ4v) is 4.94. The van der Waals surface area contributed by atoms with Crippen LogP contribution in [-0.4, -0.2) is 70.0 Å². The molecule has 6 rings (SSSR count). The van der Waals surface area contributed by atoms with Crippen molar-refractivity contribution in [3.8, 4) is 28.5 Å². The number of aromatic amines is 1. The fourth-order valence-electron chi connectivity index (χ4n) is 4.94. The number of amides is 2. The second kappa shape index (κ2) is 9.94. The predicted molar refractivity (Wildman–Crippen MR) is 142 cm³/mol. The quantitative estimate of drug-likeness (QED) is 0.479. The van der Waals surface area contributed by atoms with Crippen molar-refractivity contribution in [2.45, 2.75) is 58.1 Å². The van der Waals surface area contributed by atoms with Gasteiger partial charge in [0.15, 0.2) is 11.5 Å². The van der Waals surface area contributed by atoms with Crippen molar-refractivity contribution in [1.29, 1.82) is 0 Å². The number of rotatable bonds is 6. The van der Waals surface area contributed by atoms with E-state index >= 15 is 0 Å². The van der Waals surface area contributed by atoms with Crippen LogP contribution in [-0.2, 0) is 4.74 Å². The Morgan fingerprint density at radius 3 is 2.82 bits per heavy atom. The highest BCUT2D eigenvalue weighted by Gasteiger charge is 2.31. The zero-order valence-corrected chi connectivity index (χ0v) is 22.4. The number of benzene rings is 1. The lowest BCUT2D eigenvalue weighted by Crippen LogP contribution is -2.50. The van der Waals surface area contributed by atoms with E-state index in [4.69, 9.17) is 18.9 Å². The molecule has 0 spiro atoms. The summed E-state index contributed by atoms with van der Waals surface area (Å²) in [4.78, 5) is 39.8. The Bertz CT molecular complexity index is 1410. The average Bonchev–Trinajstić information content (AvgIpc) is 3.42. The van der Waals surface area contributed by atoms with Crippen LogP contribution in [0, 0.1) is 5.92 Å². The average molecular weight is 536 g/mol. The molecule has 39 heavy (non-hydrogen) atoms. The van der Waals surface area contributed by atoms with E-state index in [1.165, 1.54) is 19.2 Å². The molecule has 0 radical (unpaired) electrons. The van der Waals surface area contributed by atoms with Gasteiger partial charge in [-0.15, -0.1) is 0 Å². The smallest absolute Gasteiger partial charge is 0.410 e. The van der Waals surface area contributed by atoms with E-state index in [0.717, 1.165) is 12.8 Å². The van der Waals surface area contributed by atoms with Crippen molar-refractivity contribution >= 4 is 23.0 Å². The van der Waals surface area contributed by atoms with E-state index in [2.05, 4.69) is 20.3 Å². The lowest BCUT2D eigenvalue weighted by molar-refractivity contribution is 0.0185. The first-order chi connectivity index (χ1) is 18.8. The first-order valence-corrected chi connectivity index (χ1v) is 13.4. The van der Waals surface area contributed by atoms with Gasteiger partial charge in [-0.05, 0) is 64.5 Å². The number of carbonyl (C=O) groups excluding carboxylic acids is 2. The maximum absolute atomic E-state index is 13.4. The van der Waals surface area contributed by atoms with Gasteiger partial charge in [-0.2, -0.15) is 0 Å². The van der Waals surface area contributed by atoms with E-state index in [0.29, 0.717) is 70.7 Å². The van der Waals surface area contributed by atoms with E-state index in [1.54, 1.807) is 11.1 Å². The van der Waals surface area contributed by atoms with Crippen molar-refractivity contribution < 1.29 is 28.5 Å². The van der Waals surface area contributed by atoms with Crippen LogP contribution in [0.5, 0.6) is 17.2 Å². The van der Waals surface area contributed by atoms with Gasteiger partial charge in [0.1, 0.15) is 28.9 Å². The lowest BCUT2D eigenvalue weighted by Gasteiger charge is -2.34. The number of ether oxygens (including phenoxy) is 4. The van der Waals surface area contributed by atoms with Crippen molar-refractivity contribution in [3.05, 3.63) is 30.2 Å². The molecular weight excluding hydrogens is 502 g/mol. The summed E-state index contributed by atoms with van der Waals surface area (Å²) in [5.41, 5.74) is 2.15. The SMILES string of the molecule is CC(C)(C)OC(=O)N1CCCC(NC(=O)c2c[nH]c3c(-c4c(OCC5CC5)ccc5c4OCO5)ncnc23)C1. The Morgan fingerprint density at radius 2 is 2.03 bits per heavy atom. The summed E-state index contributed by atoms with van der Waals surface area (Å²) in [7, 11) is 0. The molecule has 1 saturated carbocycles. The summed E-state index contributed by atoms with van der Waals surface area (Å²) in [6.45, 7) is 7.25. The number of aromatic nitrogens is 3. The number of piperidine rings is 1. The molecule has 11 nitrogen and oxygen atoms in total. The Kier molecular flexibility index (Phi) is 6.44. The lowest BCUT2D eigenvalue weighted by atomic mass is 10.0. The number of fused-ring (bicyclic) bond motifs is 2. The molecule has 1 aliphatic carbocycles. The van der Waals surface area contributed by atoms with E-state index < -0.39 is 5.60 Å². The minimum absolute atomic E-state index is 0.114. The second-order valence-electron chi connectivity index (χ2n) is 11.3. The zero-order chi connectivity index (χ0) is 27.1. The molecule has 0 bridgehead atoms. The topological polar surface area (TPSA) is 128 Å². The Balaban J connectivity index is 1.25. The molecule has 1 atom stereocenters. The minimum atomic E-state index is -0.576. The molecule has 1 saturated heterocycles. The predicted octanol–water partition coefficient (Wildman–Crippen LogP) is 4.27. The molecule has 206 valence electrons. The van der Waals surface area contributed by atoms with Crippen LogP contribution in [0.25, 0.3) is 22.3 Å². The number of likely N-dealkylation sites (tertiary alicyclic amines) is 1. The molecule has 4 heterocycles. The van der Waals surface area contributed by atoms with Gasteiger partial charge in [-0.1, -0.05) is 0 Å².